The molecule has 0 heterocycles. The van der Waals surface area contributed by atoms with Crippen LogP contribution in [0.2, 0.25) is 0 Å². The monoisotopic (exact) mass is 428 g/mol. The molecule has 0 aromatic heterocycles. The SMILES string of the molecule is CCCCCCCCCCCCCCCCCCOC(=O)CC(CC(=O)O)C(=O)O. The average molecular weight is 429 g/mol. The van der Waals surface area contributed by atoms with Gasteiger partial charge in [0.25, 0.3) is 0 Å². The van der Waals surface area contributed by atoms with Crippen LogP contribution in [-0.2, 0) is 19.1 Å². The van der Waals surface area contributed by atoms with E-state index in [-0.39, 0.29) is 13.0 Å². The number of carboxylic acids is 2. The van der Waals surface area contributed by atoms with Crippen LogP contribution in [0.4, 0.5) is 0 Å². The topological polar surface area (TPSA) is 101 Å². The van der Waals surface area contributed by atoms with Gasteiger partial charge in [0.15, 0.2) is 0 Å². The number of carbonyl (C=O) groups excluding carboxylic acids is 1. The van der Waals surface area contributed by atoms with E-state index in [1.165, 1.54) is 83.5 Å². The summed E-state index contributed by atoms with van der Waals surface area (Å²) in [6, 6.07) is 0. The third-order valence-electron chi connectivity index (χ3n) is 5.44. The summed E-state index contributed by atoms with van der Waals surface area (Å²) in [6.07, 6.45) is 19.4. The van der Waals surface area contributed by atoms with Crippen LogP contribution in [0.25, 0.3) is 0 Å². The Balaban J connectivity index is 3.37. The van der Waals surface area contributed by atoms with Crippen LogP contribution in [0.5, 0.6) is 0 Å². The molecule has 0 amide bonds. The highest BCUT2D eigenvalue weighted by Gasteiger charge is 2.24. The van der Waals surface area contributed by atoms with Crippen molar-refractivity contribution in [2.75, 3.05) is 6.61 Å². The highest BCUT2D eigenvalue weighted by Crippen LogP contribution is 2.14. The van der Waals surface area contributed by atoms with E-state index in [0.29, 0.717) is 0 Å². The van der Waals surface area contributed by atoms with Crippen molar-refractivity contribution in [3.63, 3.8) is 0 Å². The lowest BCUT2D eigenvalue weighted by molar-refractivity contribution is -0.154. The molecule has 1 unspecified atom stereocenters. The molecule has 0 saturated carbocycles. The van der Waals surface area contributed by atoms with E-state index in [2.05, 4.69) is 6.92 Å². The molecule has 2 N–H and O–H groups in total. The normalized spacial score (nSPS) is 11.9. The number of carbonyl (C=O) groups is 3. The fourth-order valence-corrected chi connectivity index (χ4v) is 3.55. The first-order chi connectivity index (χ1) is 14.5. The molecule has 1 atom stereocenters. The number of esters is 1. The summed E-state index contributed by atoms with van der Waals surface area (Å²) in [7, 11) is 0. The third kappa shape index (κ3) is 19.7. The zero-order valence-corrected chi connectivity index (χ0v) is 19.0. The first kappa shape index (κ1) is 28.4. The van der Waals surface area contributed by atoms with Crippen molar-refractivity contribution in [3.8, 4) is 0 Å². The van der Waals surface area contributed by atoms with Crippen LogP contribution in [0.15, 0.2) is 0 Å². The highest BCUT2D eigenvalue weighted by molar-refractivity contribution is 5.82. The molecular formula is C24H44O6. The Kier molecular flexibility index (Phi) is 19.6. The van der Waals surface area contributed by atoms with Crippen molar-refractivity contribution < 1.29 is 29.3 Å². The van der Waals surface area contributed by atoms with Gasteiger partial charge < -0.3 is 14.9 Å². The van der Waals surface area contributed by atoms with Crippen molar-refractivity contribution >= 4 is 17.9 Å². The number of hydrogen-bond donors (Lipinski definition) is 2. The van der Waals surface area contributed by atoms with Gasteiger partial charge in [-0.05, 0) is 6.42 Å². The van der Waals surface area contributed by atoms with Crippen LogP contribution in [0.3, 0.4) is 0 Å². The summed E-state index contributed by atoms with van der Waals surface area (Å²) in [4.78, 5) is 33.2. The number of aliphatic carboxylic acids is 2. The van der Waals surface area contributed by atoms with Gasteiger partial charge in [-0.25, -0.2) is 0 Å². The average Bonchev–Trinajstić information content (AvgIpc) is 2.69. The summed E-state index contributed by atoms with van der Waals surface area (Å²) in [5, 5.41) is 17.6. The number of unbranched alkanes of at least 4 members (excludes halogenated alkanes) is 15. The van der Waals surface area contributed by atoms with Crippen LogP contribution in [0, 0.1) is 5.92 Å². The van der Waals surface area contributed by atoms with Gasteiger partial charge in [-0.3, -0.25) is 14.4 Å². The van der Waals surface area contributed by atoms with Gasteiger partial charge in [0.1, 0.15) is 0 Å². The second kappa shape index (κ2) is 20.7. The van der Waals surface area contributed by atoms with E-state index in [1.54, 1.807) is 0 Å². The largest absolute Gasteiger partial charge is 0.481 e. The van der Waals surface area contributed by atoms with Gasteiger partial charge in [0, 0.05) is 0 Å². The predicted molar refractivity (Wildman–Crippen MR) is 119 cm³/mol. The summed E-state index contributed by atoms with van der Waals surface area (Å²) in [5.41, 5.74) is 0. The Hall–Kier alpha value is -1.59. The molecule has 0 aliphatic rings. The molecule has 0 spiro atoms. The Morgan fingerprint density at radius 2 is 1.03 bits per heavy atom. The number of rotatable bonds is 22. The maximum atomic E-state index is 11.6. The number of ether oxygens (including phenoxy) is 1. The Morgan fingerprint density at radius 3 is 1.40 bits per heavy atom. The molecule has 0 aliphatic carbocycles. The molecule has 0 aromatic rings. The molecule has 0 fully saturated rings. The summed E-state index contributed by atoms with van der Waals surface area (Å²) >= 11 is 0. The lowest BCUT2D eigenvalue weighted by Crippen LogP contribution is -2.22. The minimum atomic E-state index is -1.28. The summed E-state index contributed by atoms with van der Waals surface area (Å²) < 4.78 is 5.03. The van der Waals surface area contributed by atoms with E-state index in [1.807, 2.05) is 0 Å². The third-order valence-corrected chi connectivity index (χ3v) is 5.44. The fourth-order valence-electron chi connectivity index (χ4n) is 3.55. The molecule has 0 bridgehead atoms. The Bertz CT molecular complexity index is 449. The Morgan fingerprint density at radius 1 is 0.633 bits per heavy atom. The summed E-state index contributed by atoms with van der Waals surface area (Å²) in [6.45, 7) is 2.53. The second-order valence-corrected chi connectivity index (χ2v) is 8.36. The number of carboxylic acid groups (broad SMARTS) is 2. The highest BCUT2D eigenvalue weighted by atomic mass is 16.5. The van der Waals surface area contributed by atoms with Crippen LogP contribution >= 0.6 is 0 Å². The first-order valence-corrected chi connectivity index (χ1v) is 12.1. The first-order valence-electron chi connectivity index (χ1n) is 12.1. The van der Waals surface area contributed by atoms with Crippen molar-refractivity contribution in [1.29, 1.82) is 0 Å². The molecule has 0 rings (SSSR count). The van der Waals surface area contributed by atoms with Crippen molar-refractivity contribution in [2.24, 2.45) is 5.92 Å². The molecule has 0 saturated heterocycles. The zero-order valence-electron chi connectivity index (χ0n) is 19.0. The lowest BCUT2D eigenvalue weighted by Gasteiger charge is -2.09. The molecule has 0 aliphatic heterocycles. The maximum Gasteiger partial charge on any atom is 0.307 e. The molecule has 0 aromatic carbocycles. The minimum Gasteiger partial charge on any atom is -0.481 e. The lowest BCUT2D eigenvalue weighted by atomic mass is 10.0. The van der Waals surface area contributed by atoms with Gasteiger partial charge in [-0.2, -0.15) is 0 Å². The molecule has 0 radical (unpaired) electrons. The quantitative estimate of drug-likeness (QED) is 0.154. The smallest absolute Gasteiger partial charge is 0.307 e. The van der Waals surface area contributed by atoms with Gasteiger partial charge in [0.05, 0.1) is 25.4 Å². The minimum absolute atomic E-state index is 0.274. The van der Waals surface area contributed by atoms with Gasteiger partial charge in [-0.1, -0.05) is 103 Å². The molecule has 30 heavy (non-hydrogen) atoms. The van der Waals surface area contributed by atoms with Crippen molar-refractivity contribution in [1.82, 2.24) is 0 Å². The predicted octanol–water partition coefficient (Wildman–Crippen LogP) is 6.36. The van der Waals surface area contributed by atoms with E-state index in [0.717, 1.165) is 19.3 Å². The standard InChI is InChI=1S/C24H44O6/c1-2-3-4-5-6-7-8-9-10-11-12-13-14-15-16-17-18-30-23(27)20-21(24(28)29)19-22(25)26/h21H,2-20H2,1H3,(H,25,26)(H,28,29). The van der Waals surface area contributed by atoms with Crippen LogP contribution in [-0.4, -0.2) is 34.7 Å². The Labute approximate surface area is 182 Å². The van der Waals surface area contributed by atoms with E-state index in [9.17, 15) is 14.4 Å². The van der Waals surface area contributed by atoms with E-state index in [4.69, 9.17) is 14.9 Å². The van der Waals surface area contributed by atoms with Gasteiger partial charge in [0.2, 0.25) is 0 Å². The van der Waals surface area contributed by atoms with E-state index >= 15 is 0 Å². The molecular weight excluding hydrogens is 384 g/mol. The fraction of sp³-hybridized carbons (Fsp3) is 0.875. The maximum absolute atomic E-state index is 11.6. The van der Waals surface area contributed by atoms with E-state index < -0.39 is 30.2 Å². The van der Waals surface area contributed by atoms with Crippen LogP contribution in [0.1, 0.15) is 122 Å². The molecule has 6 nitrogen and oxygen atoms in total. The van der Waals surface area contributed by atoms with Gasteiger partial charge >= 0.3 is 17.9 Å². The second-order valence-electron chi connectivity index (χ2n) is 8.36. The summed E-state index contributed by atoms with van der Waals surface area (Å²) in [5.74, 6) is -4.37. The van der Waals surface area contributed by atoms with Crippen LogP contribution < -0.4 is 0 Å². The van der Waals surface area contributed by atoms with Crippen molar-refractivity contribution in [2.45, 2.75) is 122 Å². The van der Waals surface area contributed by atoms with Crippen molar-refractivity contribution in [3.05, 3.63) is 0 Å². The zero-order chi connectivity index (χ0) is 22.5. The molecule has 176 valence electrons. The number of hydrogen-bond acceptors (Lipinski definition) is 4. The molecule has 6 heteroatoms. The van der Waals surface area contributed by atoms with Gasteiger partial charge in [-0.15, -0.1) is 0 Å².